The summed E-state index contributed by atoms with van der Waals surface area (Å²) in [6.45, 7) is 8.64. The van der Waals surface area contributed by atoms with Gasteiger partial charge >= 0.3 is 0 Å². The summed E-state index contributed by atoms with van der Waals surface area (Å²) in [5, 5.41) is 154. The van der Waals surface area contributed by atoms with E-state index in [0.717, 1.165) is 58.0 Å². The smallest absolute Gasteiger partial charge is 0.187 e. The highest BCUT2D eigenvalue weighted by Crippen LogP contribution is 2.71. The summed E-state index contributed by atoms with van der Waals surface area (Å²) in [7, 11) is 0. The van der Waals surface area contributed by atoms with Crippen LogP contribution in [0, 0.1) is 52.3 Å². The minimum Gasteiger partial charge on any atom is -0.394 e. The number of rotatable bonds is 13. The van der Waals surface area contributed by atoms with E-state index in [4.69, 9.17) is 56.8 Å². The summed E-state index contributed by atoms with van der Waals surface area (Å²) in [5.41, 5.74) is 0.239. The highest BCUT2D eigenvalue weighted by molar-refractivity contribution is 5.16. The molecule has 0 bridgehead atoms. The van der Waals surface area contributed by atoms with Crippen LogP contribution in [0.5, 0.6) is 0 Å². The van der Waals surface area contributed by atoms with Crippen molar-refractivity contribution in [3.63, 3.8) is 0 Å². The summed E-state index contributed by atoms with van der Waals surface area (Å²) in [4.78, 5) is 0. The molecule has 82 heavy (non-hydrogen) atoms. The number of aliphatic hydroxyl groups excluding tert-OH is 14. The predicted molar refractivity (Wildman–Crippen MR) is 273 cm³/mol. The van der Waals surface area contributed by atoms with Gasteiger partial charge in [0.2, 0.25) is 0 Å². The first-order valence-electron chi connectivity index (χ1n) is 30.1. The number of hydrogen-bond donors (Lipinski definition) is 14. The Hall–Kier alpha value is -1.04. The molecule has 36 atom stereocenters. The Morgan fingerprint density at radius 3 is 1.68 bits per heavy atom. The predicted octanol–water partition coefficient (Wildman–Crippen LogP) is -3.42. The van der Waals surface area contributed by atoms with E-state index in [1.807, 2.05) is 0 Å². The lowest BCUT2D eigenvalue weighted by atomic mass is 9.44. The number of hydrogen-bond acceptors (Lipinski definition) is 26. The lowest BCUT2D eigenvalue weighted by Gasteiger charge is -2.61. The Bertz CT molecular complexity index is 2130. The lowest BCUT2D eigenvalue weighted by molar-refractivity contribution is -0.395. The van der Waals surface area contributed by atoms with Crippen molar-refractivity contribution in [2.75, 3.05) is 33.0 Å². The summed E-state index contributed by atoms with van der Waals surface area (Å²) in [5.74, 6) is 2.89. The van der Waals surface area contributed by atoms with Crippen LogP contribution in [-0.2, 0) is 56.8 Å². The molecule has 7 saturated heterocycles. The highest BCUT2D eigenvalue weighted by atomic mass is 16.8. The molecule has 1 spiro atoms. The molecule has 472 valence electrons. The molecule has 0 radical (unpaired) electrons. The SMILES string of the molecule is C[C@@H]1CC[C@@]2(OC1)OC1CC3C4CC[C@H]5C[C@@H](O[C@@H]6O[C@H](CO)[C@H](O)[C@H](O[C@@H]7O[C@H](CO)[C@@H](O)[C@H](O)[C@H]7O[C@@H]7OC[C@@H](O)[C@H](O[C@@H]8O[C@H](CO)[C@@H](O)[C@H](O[C@H]9O[C@@H](C)[C@H](O)[C@@H](O)[C@H]9O)[C@H]8O)[C@@H]7O)[C@H]6O)CC[C@]5(C)C4CC[C@]3(C)C1[C@@H]2C. The van der Waals surface area contributed by atoms with Crippen molar-refractivity contribution in [2.45, 2.75) is 264 Å². The van der Waals surface area contributed by atoms with Crippen molar-refractivity contribution in [1.29, 1.82) is 0 Å². The zero-order chi connectivity index (χ0) is 58.6. The average molecular weight is 1180 g/mol. The normalized spacial score (nSPS) is 57.9. The molecule has 0 amide bonds. The van der Waals surface area contributed by atoms with Crippen LogP contribution in [-0.4, -0.2) is 270 Å². The van der Waals surface area contributed by atoms with Crippen LogP contribution in [0.3, 0.4) is 0 Å². The quantitative estimate of drug-likeness (QED) is 0.0799. The lowest BCUT2D eigenvalue weighted by Crippen LogP contribution is -2.67. The molecule has 4 saturated carbocycles. The Morgan fingerprint density at radius 1 is 0.463 bits per heavy atom. The molecule has 11 aliphatic rings. The van der Waals surface area contributed by atoms with Crippen LogP contribution < -0.4 is 0 Å². The fraction of sp³-hybridized carbons (Fsp3) is 1.00. The Kier molecular flexibility index (Phi) is 18.6. The van der Waals surface area contributed by atoms with Gasteiger partial charge in [-0.1, -0.05) is 27.7 Å². The first kappa shape index (κ1) is 62.6. The fourth-order valence-corrected chi connectivity index (χ4v) is 17.3. The second-order valence-electron chi connectivity index (χ2n) is 26.7. The van der Waals surface area contributed by atoms with Gasteiger partial charge in [0.1, 0.15) is 110 Å². The zero-order valence-corrected chi connectivity index (χ0v) is 47.3. The van der Waals surface area contributed by atoms with Crippen LogP contribution >= 0.6 is 0 Å². The molecule has 0 aromatic carbocycles. The van der Waals surface area contributed by atoms with E-state index in [1.165, 1.54) is 6.92 Å². The van der Waals surface area contributed by atoms with Crippen molar-refractivity contribution in [2.24, 2.45) is 52.3 Å². The molecular formula is C56H92O26. The molecule has 7 heterocycles. The first-order valence-corrected chi connectivity index (χ1v) is 30.1. The van der Waals surface area contributed by atoms with Crippen LogP contribution in [0.15, 0.2) is 0 Å². The van der Waals surface area contributed by atoms with Crippen molar-refractivity contribution in [1.82, 2.24) is 0 Å². The van der Waals surface area contributed by atoms with Gasteiger partial charge in [0.05, 0.1) is 51.3 Å². The maximum absolute atomic E-state index is 12.0. The summed E-state index contributed by atoms with van der Waals surface area (Å²) in [6, 6.07) is 0. The standard InChI is InChI=1S/C56H92O26/c1-21-8-13-56(72-19-21)22(2)34-30(82-56)15-28-26-7-6-24-14-25(9-11-54(24,4)27(26)10-12-55(28,34)5)74-51-43(69)47(38(64)32(17-58)75-51)80-53-48(40(66)36(62)31(16-57)77-53)81-49-42(68)45(29(60)20-71-49)78-52-44(70)46(37(63)33(18-59)76-52)79-50-41(67)39(65)35(61)23(3)73-50/h21-53,57-70H,6-20H2,1-5H3/t21-,22+,23+,24+,25+,26?,27?,28?,29-,30?,31-,32-,33-,34?,35+,36-,37-,38+,39-,40+,41-,42+,43-,44-,45+,46+,47+,48-,49+,50-,51-,52+,53+,54+,55+,56-/m1/s1. The first-order chi connectivity index (χ1) is 39.0. The van der Waals surface area contributed by atoms with Gasteiger partial charge in [-0.3, -0.25) is 0 Å². The van der Waals surface area contributed by atoms with E-state index in [9.17, 15) is 71.5 Å². The minimum absolute atomic E-state index is 0.0594. The minimum atomic E-state index is -2.05. The van der Waals surface area contributed by atoms with E-state index in [-0.39, 0.29) is 23.0 Å². The number of ether oxygens (including phenoxy) is 12. The van der Waals surface area contributed by atoms with Gasteiger partial charge in [-0.2, -0.15) is 0 Å². The molecule has 5 unspecified atom stereocenters. The van der Waals surface area contributed by atoms with Gasteiger partial charge in [-0.05, 0) is 111 Å². The maximum atomic E-state index is 12.0. The maximum Gasteiger partial charge on any atom is 0.187 e. The summed E-state index contributed by atoms with van der Waals surface area (Å²) < 4.78 is 72.7. The largest absolute Gasteiger partial charge is 0.394 e. The Balaban J connectivity index is 0.740. The Labute approximate surface area is 476 Å². The third-order valence-electron chi connectivity index (χ3n) is 22.1. The van der Waals surface area contributed by atoms with Crippen molar-refractivity contribution in [3.8, 4) is 0 Å². The van der Waals surface area contributed by atoms with Gasteiger partial charge in [-0.25, -0.2) is 0 Å². The summed E-state index contributed by atoms with van der Waals surface area (Å²) in [6.07, 6.45) is -31.7. The van der Waals surface area contributed by atoms with E-state index in [2.05, 4.69) is 27.7 Å². The van der Waals surface area contributed by atoms with Crippen LogP contribution in [0.25, 0.3) is 0 Å². The van der Waals surface area contributed by atoms with Gasteiger partial charge in [0.25, 0.3) is 0 Å². The highest BCUT2D eigenvalue weighted by Gasteiger charge is 2.69. The van der Waals surface area contributed by atoms with Crippen LogP contribution in [0.4, 0.5) is 0 Å². The summed E-state index contributed by atoms with van der Waals surface area (Å²) >= 11 is 0. The van der Waals surface area contributed by atoms with Crippen molar-refractivity contribution in [3.05, 3.63) is 0 Å². The van der Waals surface area contributed by atoms with E-state index in [0.29, 0.717) is 54.3 Å². The number of fused-ring (bicyclic) bond motifs is 7. The molecule has 0 aromatic heterocycles. The van der Waals surface area contributed by atoms with Crippen LogP contribution in [0.2, 0.25) is 0 Å². The third kappa shape index (κ3) is 10.9. The molecule has 11 rings (SSSR count). The van der Waals surface area contributed by atoms with E-state index >= 15 is 0 Å². The molecule has 14 N–H and O–H groups in total. The monoisotopic (exact) mass is 1180 g/mol. The number of aliphatic hydroxyl groups is 14. The third-order valence-corrected chi connectivity index (χ3v) is 22.1. The van der Waals surface area contributed by atoms with Gasteiger partial charge in [-0.15, -0.1) is 0 Å². The second kappa shape index (κ2) is 24.4. The van der Waals surface area contributed by atoms with E-state index < -0.39 is 180 Å². The average Bonchev–Trinajstić information content (AvgIpc) is 2.67. The topological polar surface area (TPSA) is 394 Å². The van der Waals surface area contributed by atoms with Gasteiger partial charge in [0.15, 0.2) is 37.2 Å². The van der Waals surface area contributed by atoms with Gasteiger partial charge < -0.3 is 128 Å². The molecular weight excluding hydrogens is 1090 g/mol. The molecule has 0 aromatic rings. The molecule has 26 nitrogen and oxygen atoms in total. The molecule has 7 aliphatic heterocycles. The molecule has 4 aliphatic carbocycles. The van der Waals surface area contributed by atoms with Crippen molar-refractivity contribution >= 4 is 0 Å². The zero-order valence-electron chi connectivity index (χ0n) is 47.3. The van der Waals surface area contributed by atoms with Gasteiger partial charge in [0, 0.05) is 12.3 Å². The van der Waals surface area contributed by atoms with Crippen LogP contribution in [0.1, 0.15) is 98.8 Å². The van der Waals surface area contributed by atoms with E-state index in [1.54, 1.807) is 0 Å². The molecule has 11 fully saturated rings. The second-order valence-corrected chi connectivity index (χ2v) is 26.7. The Morgan fingerprint density at radius 2 is 1.04 bits per heavy atom. The fourth-order valence-electron chi connectivity index (χ4n) is 17.3. The van der Waals surface area contributed by atoms with Crippen molar-refractivity contribution < 1.29 is 128 Å². The molecule has 26 heteroatoms.